The van der Waals surface area contributed by atoms with E-state index in [0.29, 0.717) is 0 Å². The average molecular weight is 524 g/mol. The first kappa shape index (κ1) is 29.2. The van der Waals surface area contributed by atoms with Crippen LogP contribution in [0.1, 0.15) is 6.92 Å². The molecule has 0 fully saturated rings. The van der Waals surface area contributed by atoms with Crippen LogP contribution in [-0.4, -0.2) is 32.0 Å². The van der Waals surface area contributed by atoms with E-state index in [0.717, 1.165) is 7.11 Å². The summed E-state index contributed by atoms with van der Waals surface area (Å²) >= 11 is 0. The van der Waals surface area contributed by atoms with Crippen molar-refractivity contribution in [1.29, 1.82) is 0 Å². The number of methoxy groups -OCH3 is 1. The molecule has 11 heteroatoms. The zero-order valence-corrected chi connectivity index (χ0v) is 23.4. The fourth-order valence-electron chi connectivity index (χ4n) is 0.547. The van der Waals surface area contributed by atoms with Crippen molar-refractivity contribution in [2.24, 2.45) is 0 Å². The van der Waals surface area contributed by atoms with Crippen molar-refractivity contribution in [3.63, 3.8) is 0 Å². The number of allylic oxidation sites excluding steroid dienone is 1. The molecule has 0 aromatic rings. The number of esters is 1. The van der Waals surface area contributed by atoms with Crippen LogP contribution in [0.5, 0.6) is 0 Å². The molecule has 100 valence electrons. The van der Waals surface area contributed by atoms with Crippen LogP contribution in [-0.2, 0) is 14.3 Å². The van der Waals surface area contributed by atoms with E-state index in [-0.39, 0.29) is 150 Å². The summed E-state index contributed by atoms with van der Waals surface area (Å²) < 4.78 is 44.0. The van der Waals surface area contributed by atoms with Gasteiger partial charge >= 0.3 is 150 Å². The van der Waals surface area contributed by atoms with Gasteiger partial charge in [-0.1, -0.05) is 0 Å². The fraction of sp³-hybridized carbons (Fsp3) is 0.500. The van der Waals surface area contributed by atoms with Crippen molar-refractivity contribution in [1.82, 2.24) is 0 Å². The third-order valence-electron chi connectivity index (χ3n) is 1.03. The molecule has 0 aliphatic heterocycles. The molecule has 0 amide bonds. The second-order valence-corrected chi connectivity index (χ2v) is 2.21. The maximum Gasteiger partial charge on any atom is 1.00 e. The van der Waals surface area contributed by atoms with E-state index in [1.165, 1.54) is 6.92 Å². The molecular formula is C8H9Cs2F3O6. The standard InChI is InChI=1S/C7H9F3O3.CH2O3.2Cs/c1-3-13-6(11)4-5(12-2)7(8,9)10;2-1(3)4;;/h4H,3H2,1-2H3;(H2,2,3,4);;/q;;2*+1/p-2. The van der Waals surface area contributed by atoms with Gasteiger partial charge in [-0.15, -0.1) is 0 Å². The van der Waals surface area contributed by atoms with E-state index >= 15 is 0 Å². The van der Waals surface area contributed by atoms with Crippen LogP contribution in [0, 0.1) is 0 Å². The Balaban J connectivity index is -0.000000165. The van der Waals surface area contributed by atoms with Crippen molar-refractivity contribution in [3.05, 3.63) is 11.8 Å². The normalized spacial score (nSPS) is 9.84. The number of hydrogen-bond acceptors (Lipinski definition) is 6. The molecule has 0 aromatic heterocycles. The van der Waals surface area contributed by atoms with Gasteiger partial charge in [-0.3, -0.25) is 0 Å². The Labute approximate surface area is 225 Å². The third-order valence-corrected chi connectivity index (χ3v) is 1.03. The number of carboxylic acid groups (broad SMARTS) is 2. The molecule has 0 aliphatic rings. The van der Waals surface area contributed by atoms with E-state index in [1.807, 2.05) is 0 Å². The monoisotopic (exact) mass is 524 g/mol. The van der Waals surface area contributed by atoms with Crippen molar-refractivity contribution < 1.29 is 180 Å². The van der Waals surface area contributed by atoms with E-state index < -0.39 is 24.1 Å². The Morgan fingerprint density at radius 2 is 1.58 bits per heavy atom. The van der Waals surface area contributed by atoms with Crippen molar-refractivity contribution >= 4 is 12.1 Å². The second-order valence-electron chi connectivity index (χ2n) is 2.21. The van der Waals surface area contributed by atoms with Gasteiger partial charge in [0.25, 0.3) is 0 Å². The molecule has 0 rings (SSSR count). The number of alkyl halides is 3. The number of rotatable bonds is 3. The van der Waals surface area contributed by atoms with E-state index in [9.17, 15) is 18.0 Å². The predicted octanol–water partition coefficient (Wildman–Crippen LogP) is -6.80. The number of halogens is 3. The molecule has 0 unspecified atom stereocenters. The molecule has 0 N–H and O–H groups in total. The van der Waals surface area contributed by atoms with Crippen LogP contribution in [0.2, 0.25) is 0 Å². The Kier molecular flexibility index (Phi) is 25.4. The maximum absolute atomic E-state index is 11.9. The smallest absolute Gasteiger partial charge is 0.652 e. The SMILES string of the molecule is CCOC(=O)C=C(OC)C(F)(F)F.O=C([O-])[O-].[Cs+].[Cs+]. The summed E-state index contributed by atoms with van der Waals surface area (Å²) in [7, 11) is 0.832. The molecule has 0 aromatic carbocycles. The number of carbonyl (C=O) groups is 2. The summed E-state index contributed by atoms with van der Waals surface area (Å²) in [5.41, 5.74) is 0. The van der Waals surface area contributed by atoms with Gasteiger partial charge in [0.05, 0.1) is 19.8 Å². The first-order chi connectivity index (χ1) is 7.65. The van der Waals surface area contributed by atoms with Gasteiger partial charge in [-0.05, 0) is 13.1 Å². The average Bonchev–Trinajstić information content (AvgIpc) is 2.11. The van der Waals surface area contributed by atoms with Gasteiger partial charge in [-0.25, -0.2) is 4.79 Å². The summed E-state index contributed by atoms with van der Waals surface area (Å²) in [5, 5.41) is 16.7. The summed E-state index contributed by atoms with van der Waals surface area (Å²) in [6.45, 7) is 1.51. The van der Waals surface area contributed by atoms with Crippen LogP contribution in [0.15, 0.2) is 11.8 Å². The van der Waals surface area contributed by atoms with Crippen molar-refractivity contribution in [2.45, 2.75) is 13.1 Å². The molecule has 0 atom stereocenters. The molecular weight excluding hydrogens is 515 g/mol. The van der Waals surface area contributed by atoms with Crippen molar-refractivity contribution in [2.75, 3.05) is 13.7 Å². The summed E-state index contributed by atoms with van der Waals surface area (Å²) in [6.07, 6.45) is -6.73. The summed E-state index contributed by atoms with van der Waals surface area (Å²) in [6, 6.07) is 0. The van der Waals surface area contributed by atoms with Gasteiger partial charge in [0.2, 0.25) is 5.76 Å². The van der Waals surface area contributed by atoms with Crippen LogP contribution in [0.4, 0.5) is 18.0 Å². The molecule has 0 saturated heterocycles. The summed E-state index contributed by atoms with van der Waals surface area (Å²) in [5.74, 6) is -2.44. The van der Waals surface area contributed by atoms with Gasteiger partial charge in [0.15, 0.2) is 0 Å². The second kappa shape index (κ2) is 16.5. The van der Waals surface area contributed by atoms with Crippen LogP contribution in [0.25, 0.3) is 0 Å². The minimum absolute atomic E-state index is 0. The molecule has 19 heavy (non-hydrogen) atoms. The molecule has 0 radical (unpaired) electrons. The summed E-state index contributed by atoms with van der Waals surface area (Å²) in [4.78, 5) is 18.9. The first-order valence-electron chi connectivity index (χ1n) is 4.02. The van der Waals surface area contributed by atoms with Gasteiger partial charge < -0.3 is 24.5 Å². The van der Waals surface area contributed by atoms with Gasteiger partial charge in [0, 0.05) is 0 Å². The van der Waals surface area contributed by atoms with Gasteiger partial charge in [-0.2, -0.15) is 13.2 Å². The minimum atomic E-state index is -4.67. The van der Waals surface area contributed by atoms with Gasteiger partial charge in [0.1, 0.15) is 0 Å². The Morgan fingerprint density at radius 1 is 1.21 bits per heavy atom. The van der Waals surface area contributed by atoms with Crippen molar-refractivity contribution in [3.8, 4) is 0 Å². The van der Waals surface area contributed by atoms with E-state index in [4.69, 9.17) is 15.0 Å². The topological polar surface area (TPSA) is 98.7 Å². The minimum Gasteiger partial charge on any atom is -0.652 e. The van der Waals surface area contributed by atoms with E-state index in [1.54, 1.807) is 0 Å². The first-order valence-corrected chi connectivity index (χ1v) is 4.02. The van der Waals surface area contributed by atoms with Crippen LogP contribution >= 0.6 is 0 Å². The molecule has 6 nitrogen and oxygen atoms in total. The molecule has 0 bridgehead atoms. The molecule has 0 heterocycles. The third kappa shape index (κ3) is 22.6. The van der Waals surface area contributed by atoms with Crippen LogP contribution in [0.3, 0.4) is 0 Å². The molecule has 0 saturated carbocycles. The largest absolute Gasteiger partial charge is 1.00 e. The number of hydrogen-bond donors (Lipinski definition) is 0. The number of carbonyl (C=O) groups excluding carboxylic acids is 2. The molecule has 0 spiro atoms. The zero-order valence-electron chi connectivity index (χ0n) is 10.9. The Hall–Kier alpha value is 2.17. The van der Waals surface area contributed by atoms with E-state index in [2.05, 4.69) is 9.47 Å². The molecule has 0 aliphatic carbocycles. The zero-order chi connectivity index (χ0) is 14.1. The van der Waals surface area contributed by atoms with Crippen LogP contribution < -0.4 is 148 Å². The number of ether oxygens (including phenoxy) is 2. The quantitative estimate of drug-likeness (QED) is 0.207. The maximum atomic E-state index is 11.9. The Morgan fingerprint density at radius 3 is 1.79 bits per heavy atom. The fourth-order valence-corrected chi connectivity index (χ4v) is 0.547. The Bertz CT molecular complexity index is 289. The predicted molar refractivity (Wildman–Crippen MR) is 43.2 cm³/mol.